The van der Waals surface area contributed by atoms with E-state index in [9.17, 15) is 22.8 Å². The van der Waals surface area contributed by atoms with Crippen molar-refractivity contribution < 1.29 is 27.3 Å². The molecule has 2 aromatic heterocycles. The summed E-state index contributed by atoms with van der Waals surface area (Å²) in [4.78, 5) is 31.8. The fourth-order valence-corrected chi connectivity index (χ4v) is 3.26. The summed E-state index contributed by atoms with van der Waals surface area (Å²) in [6, 6.07) is 12.4. The van der Waals surface area contributed by atoms with E-state index in [1.54, 1.807) is 36.4 Å². The molecule has 0 fully saturated rings. The van der Waals surface area contributed by atoms with Crippen LogP contribution in [0.15, 0.2) is 53.1 Å². The van der Waals surface area contributed by atoms with Crippen LogP contribution in [0.5, 0.6) is 0 Å². The Hall–Kier alpha value is -3.93. The summed E-state index contributed by atoms with van der Waals surface area (Å²) >= 11 is 5.78. The number of nitrogens with one attached hydrogen (secondary N) is 2. The lowest BCUT2D eigenvalue weighted by Gasteiger charge is -2.09. The Labute approximate surface area is 194 Å². The number of hydrogen-bond donors (Lipinski definition) is 2. The number of carbonyl (C=O) groups excluding carboxylic acids is 2. The van der Waals surface area contributed by atoms with E-state index in [4.69, 9.17) is 16.1 Å². The summed E-state index contributed by atoms with van der Waals surface area (Å²) in [7, 11) is 0. The number of halogens is 4. The van der Waals surface area contributed by atoms with Gasteiger partial charge in [0, 0.05) is 23.7 Å². The zero-order valence-electron chi connectivity index (χ0n) is 17.3. The molecular weight excluding hydrogens is 477 g/mol. The minimum absolute atomic E-state index is 0.0558. The first kappa shape index (κ1) is 23.2. The molecule has 2 aromatic carbocycles. The molecule has 4 aromatic rings. The predicted octanol–water partition coefficient (Wildman–Crippen LogP) is 3.30. The standard InChI is InChI=1S/C21H16ClF3N6O3/c22-13-7-5-12(6-8-13)17(32)26-9-10-27-18(33)19-29-16(30-34-19)11-31-15-4-2-1-3-14(15)28-20(31)21(23,24)25/h1-8H,9-11H2,(H,26,32)(H,27,33). The van der Waals surface area contributed by atoms with Gasteiger partial charge >= 0.3 is 18.0 Å². The average Bonchev–Trinajstić information content (AvgIpc) is 3.42. The lowest BCUT2D eigenvalue weighted by atomic mass is 10.2. The Morgan fingerprint density at radius 2 is 1.65 bits per heavy atom. The summed E-state index contributed by atoms with van der Waals surface area (Å²) in [6.45, 7) is -0.228. The molecule has 2 heterocycles. The van der Waals surface area contributed by atoms with Crippen molar-refractivity contribution in [2.45, 2.75) is 12.7 Å². The molecule has 0 spiro atoms. The van der Waals surface area contributed by atoms with Gasteiger partial charge in [-0.05, 0) is 36.4 Å². The van der Waals surface area contributed by atoms with Crippen LogP contribution in [0.4, 0.5) is 13.2 Å². The maximum absolute atomic E-state index is 13.4. The number of aromatic nitrogens is 4. The molecule has 0 aliphatic heterocycles. The summed E-state index contributed by atoms with van der Waals surface area (Å²) < 4.78 is 46.1. The van der Waals surface area contributed by atoms with E-state index < -0.39 is 30.3 Å². The lowest BCUT2D eigenvalue weighted by Crippen LogP contribution is -2.34. The summed E-state index contributed by atoms with van der Waals surface area (Å²) in [5.41, 5.74) is 0.807. The highest BCUT2D eigenvalue weighted by molar-refractivity contribution is 6.30. The number of amides is 2. The van der Waals surface area contributed by atoms with Gasteiger partial charge in [-0.25, -0.2) is 4.98 Å². The van der Waals surface area contributed by atoms with Crippen molar-refractivity contribution in [3.63, 3.8) is 0 Å². The highest BCUT2D eigenvalue weighted by Crippen LogP contribution is 2.31. The number of para-hydroxylation sites is 2. The van der Waals surface area contributed by atoms with Gasteiger partial charge in [-0.3, -0.25) is 9.59 Å². The Kier molecular flexibility index (Phi) is 6.50. The first-order chi connectivity index (χ1) is 16.2. The van der Waals surface area contributed by atoms with E-state index >= 15 is 0 Å². The van der Waals surface area contributed by atoms with Crippen LogP contribution >= 0.6 is 11.6 Å². The predicted molar refractivity (Wildman–Crippen MR) is 114 cm³/mol. The second kappa shape index (κ2) is 9.51. The Balaban J connectivity index is 1.36. The molecule has 2 N–H and O–H groups in total. The van der Waals surface area contributed by atoms with Gasteiger partial charge in [-0.15, -0.1) is 0 Å². The number of rotatable bonds is 7. The molecule has 176 valence electrons. The average molecular weight is 493 g/mol. The van der Waals surface area contributed by atoms with E-state index in [1.165, 1.54) is 12.1 Å². The molecule has 2 amide bonds. The van der Waals surface area contributed by atoms with Gasteiger partial charge in [0.15, 0.2) is 5.82 Å². The van der Waals surface area contributed by atoms with E-state index in [2.05, 4.69) is 25.8 Å². The SMILES string of the molecule is O=C(NCCNC(=O)c1nc(Cn2c(C(F)(F)F)nc3ccccc32)no1)c1ccc(Cl)cc1. The first-order valence-electron chi connectivity index (χ1n) is 9.89. The Morgan fingerprint density at radius 1 is 0.971 bits per heavy atom. The van der Waals surface area contributed by atoms with Crippen LogP contribution in [0.2, 0.25) is 5.02 Å². The minimum atomic E-state index is -4.70. The molecule has 0 saturated carbocycles. The number of hydrogen-bond acceptors (Lipinski definition) is 6. The van der Waals surface area contributed by atoms with Gasteiger partial charge in [0.25, 0.3) is 5.91 Å². The van der Waals surface area contributed by atoms with Crippen molar-refractivity contribution in [3.05, 3.63) is 76.7 Å². The fraction of sp³-hybridized carbons (Fsp3) is 0.190. The smallest absolute Gasteiger partial charge is 0.350 e. The summed E-state index contributed by atoms with van der Waals surface area (Å²) in [6.07, 6.45) is -4.70. The van der Waals surface area contributed by atoms with Crippen LogP contribution in [-0.4, -0.2) is 44.6 Å². The largest absolute Gasteiger partial charge is 0.449 e. The third kappa shape index (κ3) is 5.17. The van der Waals surface area contributed by atoms with Crippen LogP contribution in [-0.2, 0) is 12.7 Å². The first-order valence-corrected chi connectivity index (χ1v) is 10.3. The Bertz CT molecular complexity index is 1330. The van der Waals surface area contributed by atoms with E-state index in [-0.39, 0.29) is 35.9 Å². The van der Waals surface area contributed by atoms with Crippen molar-refractivity contribution in [1.29, 1.82) is 0 Å². The second-order valence-electron chi connectivity index (χ2n) is 7.04. The van der Waals surface area contributed by atoms with Crippen LogP contribution in [0, 0.1) is 0 Å². The number of carbonyl (C=O) groups is 2. The molecule has 0 unspecified atom stereocenters. The normalized spacial score (nSPS) is 11.5. The van der Waals surface area contributed by atoms with Crippen LogP contribution in [0.3, 0.4) is 0 Å². The number of nitrogens with zero attached hydrogens (tertiary/aromatic N) is 4. The van der Waals surface area contributed by atoms with Crippen molar-refractivity contribution in [1.82, 2.24) is 30.3 Å². The van der Waals surface area contributed by atoms with E-state index in [0.717, 1.165) is 4.57 Å². The zero-order valence-corrected chi connectivity index (χ0v) is 18.0. The maximum atomic E-state index is 13.4. The van der Waals surface area contributed by atoms with Gasteiger partial charge in [0.05, 0.1) is 17.6 Å². The highest BCUT2D eigenvalue weighted by atomic mass is 35.5. The highest BCUT2D eigenvalue weighted by Gasteiger charge is 2.38. The van der Waals surface area contributed by atoms with Crippen molar-refractivity contribution in [2.24, 2.45) is 0 Å². The zero-order chi connectivity index (χ0) is 24.3. The van der Waals surface area contributed by atoms with Crippen LogP contribution in [0.1, 0.15) is 32.7 Å². The van der Waals surface area contributed by atoms with Crippen LogP contribution in [0.25, 0.3) is 11.0 Å². The number of alkyl halides is 3. The number of fused-ring (bicyclic) bond motifs is 1. The lowest BCUT2D eigenvalue weighted by molar-refractivity contribution is -0.146. The molecule has 0 saturated heterocycles. The maximum Gasteiger partial charge on any atom is 0.449 e. The van der Waals surface area contributed by atoms with Crippen molar-refractivity contribution in [2.75, 3.05) is 13.1 Å². The number of benzene rings is 2. The molecule has 4 rings (SSSR count). The van der Waals surface area contributed by atoms with Gasteiger partial charge in [0.2, 0.25) is 5.82 Å². The quantitative estimate of drug-likeness (QED) is 0.383. The third-order valence-electron chi connectivity index (χ3n) is 4.67. The van der Waals surface area contributed by atoms with Gasteiger partial charge in [0.1, 0.15) is 0 Å². The van der Waals surface area contributed by atoms with Crippen molar-refractivity contribution >= 4 is 34.4 Å². The topological polar surface area (TPSA) is 115 Å². The molecule has 34 heavy (non-hydrogen) atoms. The molecule has 0 bridgehead atoms. The summed E-state index contributed by atoms with van der Waals surface area (Å²) in [5.74, 6) is -2.74. The van der Waals surface area contributed by atoms with Crippen molar-refractivity contribution in [3.8, 4) is 0 Å². The van der Waals surface area contributed by atoms with Gasteiger partial charge in [-0.2, -0.15) is 18.2 Å². The molecule has 9 nitrogen and oxygen atoms in total. The van der Waals surface area contributed by atoms with Crippen LogP contribution < -0.4 is 10.6 Å². The molecule has 0 aliphatic carbocycles. The molecule has 0 aliphatic rings. The monoisotopic (exact) mass is 492 g/mol. The number of imidazole rings is 1. The Morgan fingerprint density at radius 3 is 2.35 bits per heavy atom. The second-order valence-corrected chi connectivity index (χ2v) is 7.48. The summed E-state index contributed by atoms with van der Waals surface area (Å²) in [5, 5.41) is 9.20. The molecule has 0 radical (unpaired) electrons. The minimum Gasteiger partial charge on any atom is -0.350 e. The third-order valence-corrected chi connectivity index (χ3v) is 4.92. The molecule has 0 atom stereocenters. The fourth-order valence-electron chi connectivity index (χ4n) is 3.13. The van der Waals surface area contributed by atoms with E-state index in [0.29, 0.717) is 10.6 Å². The molecule has 13 heteroatoms. The van der Waals surface area contributed by atoms with Gasteiger partial charge in [-0.1, -0.05) is 28.9 Å². The van der Waals surface area contributed by atoms with Gasteiger partial charge < -0.3 is 19.7 Å². The molecular formula is C21H16ClF3N6O3. The van der Waals surface area contributed by atoms with E-state index in [1.807, 2.05) is 0 Å².